The number of nitrogens with one attached hydrogen (secondary N) is 1. The Balaban J connectivity index is 1.81. The highest BCUT2D eigenvalue weighted by molar-refractivity contribution is 6.39. The summed E-state index contributed by atoms with van der Waals surface area (Å²) in [6.07, 6.45) is 0.521. The Labute approximate surface area is 194 Å². The lowest BCUT2D eigenvalue weighted by Gasteiger charge is -2.23. The molecule has 3 aromatic carbocycles. The molecule has 0 heterocycles. The molecule has 7 heteroatoms. The van der Waals surface area contributed by atoms with E-state index in [4.69, 9.17) is 37.2 Å². The lowest BCUT2D eigenvalue weighted by atomic mass is 10.1. The van der Waals surface area contributed by atoms with Crippen molar-refractivity contribution in [1.82, 2.24) is 5.32 Å². The normalized spacial score (nSPS) is 11.8. The van der Waals surface area contributed by atoms with Gasteiger partial charge in [0.2, 0.25) is 0 Å². The van der Waals surface area contributed by atoms with Gasteiger partial charge in [-0.2, -0.15) is 0 Å². The molecule has 31 heavy (non-hydrogen) atoms. The van der Waals surface area contributed by atoms with E-state index in [9.17, 15) is 0 Å². The third-order valence-electron chi connectivity index (χ3n) is 4.79. The molecular formula is C24H26BCl2NO3. The number of hydrogen-bond donors (Lipinski definition) is 1. The van der Waals surface area contributed by atoms with Gasteiger partial charge in [0.25, 0.3) is 0 Å². The van der Waals surface area contributed by atoms with Crippen molar-refractivity contribution >= 4 is 30.5 Å². The zero-order chi connectivity index (χ0) is 22.2. The van der Waals surface area contributed by atoms with Crippen LogP contribution in [0.3, 0.4) is 0 Å². The van der Waals surface area contributed by atoms with Gasteiger partial charge in [-0.15, -0.1) is 0 Å². The van der Waals surface area contributed by atoms with Gasteiger partial charge in [-0.25, -0.2) is 0 Å². The largest absolute Gasteiger partial charge is 0.788 e. The van der Waals surface area contributed by atoms with E-state index >= 15 is 0 Å². The predicted molar refractivity (Wildman–Crippen MR) is 128 cm³/mol. The first-order chi connectivity index (χ1) is 14.9. The number of benzene rings is 3. The Morgan fingerprint density at radius 3 is 1.87 bits per heavy atom. The van der Waals surface area contributed by atoms with Crippen LogP contribution >= 0.6 is 23.2 Å². The van der Waals surface area contributed by atoms with E-state index in [0.717, 1.165) is 11.1 Å². The third-order valence-corrected chi connectivity index (χ3v) is 5.61. The number of hydrogen-bond acceptors (Lipinski definition) is 4. The van der Waals surface area contributed by atoms with Gasteiger partial charge in [0, 0.05) is 16.6 Å². The maximum Gasteiger partial charge on any atom is 0.788 e. The van der Waals surface area contributed by atoms with Crippen LogP contribution in [-0.4, -0.2) is 27.0 Å². The Morgan fingerprint density at radius 2 is 1.39 bits per heavy atom. The molecule has 3 aromatic rings. The van der Waals surface area contributed by atoms with Crippen molar-refractivity contribution in [1.29, 1.82) is 0 Å². The van der Waals surface area contributed by atoms with Crippen molar-refractivity contribution in [3.05, 3.63) is 93.5 Å². The zero-order valence-electron chi connectivity index (χ0n) is 17.9. The second-order valence-electron chi connectivity index (χ2n) is 7.35. The molecule has 3 rings (SSSR count). The summed E-state index contributed by atoms with van der Waals surface area (Å²) in [5, 5.41) is 4.41. The van der Waals surface area contributed by atoms with Gasteiger partial charge >= 0.3 is 7.32 Å². The van der Waals surface area contributed by atoms with Crippen molar-refractivity contribution < 1.29 is 14.0 Å². The number of halogens is 2. The molecule has 0 aromatic heterocycles. The van der Waals surface area contributed by atoms with Crippen LogP contribution in [0.15, 0.2) is 66.7 Å². The molecule has 0 saturated heterocycles. The van der Waals surface area contributed by atoms with Crippen molar-refractivity contribution in [2.75, 3.05) is 13.6 Å². The lowest BCUT2D eigenvalue weighted by molar-refractivity contribution is 0.129. The molecule has 0 aliphatic rings. The highest BCUT2D eigenvalue weighted by Gasteiger charge is 2.31. The highest BCUT2D eigenvalue weighted by Crippen LogP contribution is 2.25. The van der Waals surface area contributed by atoms with Crippen LogP contribution in [0.2, 0.25) is 10.0 Å². The van der Waals surface area contributed by atoms with Gasteiger partial charge in [-0.3, -0.25) is 0 Å². The smallest absolute Gasteiger partial charge is 0.501 e. The molecule has 0 amide bonds. The summed E-state index contributed by atoms with van der Waals surface area (Å²) in [6.45, 7) is 4.50. The molecular weight excluding hydrogens is 432 g/mol. The minimum atomic E-state index is -0.986. The molecule has 1 unspecified atom stereocenters. The van der Waals surface area contributed by atoms with Gasteiger partial charge in [-0.05, 0) is 68.3 Å². The van der Waals surface area contributed by atoms with E-state index in [1.54, 1.807) is 12.1 Å². The molecule has 0 spiro atoms. The molecule has 0 radical (unpaired) electrons. The summed E-state index contributed by atoms with van der Waals surface area (Å²) in [4.78, 5) is 0. The fourth-order valence-corrected chi connectivity index (χ4v) is 3.37. The molecule has 0 fully saturated rings. The topological polar surface area (TPSA) is 39.7 Å². The van der Waals surface area contributed by atoms with Crippen LogP contribution in [0.5, 0.6) is 11.5 Å². The number of rotatable bonds is 10. The first-order valence-electron chi connectivity index (χ1n) is 10.1. The fraction of sp³-hybridized carbons (Fsp3) is 0.250. The van der Waals surface area contributed by atoms with Crippen LogP contribution in [0.4, 0.5) is 0 Å². The maximum absolute atomic E-state index is 6.27. The molecule has 1 N–H and O–H groups in total. The monoisotopic (exact) mass is 457 g/mol. The predicted octanol–water partition coefficient (Wildman–Crippen LogP) is 5.90. The minimum Gasteiger partial charge on any atom is -0.501 e. The van der Waals surface area contributed by atoms with Crippen molar-refractivity contribution in [3.8, 4) is 11.5 Å². The van der Waals surface area contributed by atoms with Gasteiger partial charge in [0.1, 0.15) is 11.5 Å². The molecule has 4 nitrogen and oxygen atoms in total. The molecule has 0 bridgehead atoms. The minimum absolute atomic E-state index is 0.181. The summed E-state index contributed by atoms with van der Waals surface area (Å²) in [7, 11) is 0.900. The molecule has 0 saturated carbocycles. The van der Waals surface area contributed by atoms with Crippen molar-refractivity contribution in [2.24, 2.45) is 0 Å². The maximum atomic E-state index is 6.27. The molecule has 162 valence electrons. The highest BCUT2D eigenvalue weighted by atomic mass is 35.5. The molecule has 1 atom stereocenters. The summed E-state index contributed by atoms with van der Waals surface area (Å²) < 4.78 is 18.3. The van der Waals surface area contributed by atoms with Crippen LogP contribution in [0, 0.1) is 13.8 Å². The summed E-state index contributed by atoms with van der Waals surface area (Å²) >= 11 is 12.5. The van der Waals surface area contributed by atoms with Gasteiger partial charge < -0.3 is 19.3 Å². The Morgan fingerprint density at radius 1 is 0.839 bits per heavy atom. The first kappa shape index (κ1) is 23.5. The van der Waals surface area contributed by atoms with E-state index in [1.165, 1.54) is 5.56 Å². The second-order valence-corrected chi connectivity index (χ2v) is 8.17. The third kappa shape index (κ3) is 7.18. The van der Waals surface area contributed by atoms with E-state index in [1.807, 2.05) is 63.4 Å². The summed E-state index contributed by atoms with van der Waals surface area (Å²) in [5.41, 5.74) is 3.10. The summed E-state index contributed by atoms with van der Waals surface area (Å²) in [5.74, 6) is 1.11. The van der Waals surface area contributed by atoms with Crippen LogP contribution in [0.1, 0.15) is 16.7 Å². The Hall–Kier alpha value is -2.18. The number of likely N-dealkylation sites (N-methyl/N-ethyl adjacent to an activating group) is 1. The Bertz CT molecular complexity index is 934. The average Bonchev–Trinajstić information content (AvgIpc) is 2.74. The Kier molecular flexibility index (Phi) is 8.67. The molecule has 0 aliphatic carbocycles. The second kappa shape index (κ2) is 11.4. The zero-order valence-corrected chi connectivity index (χ0v) is 19.4. The lowest BCUT2D eigenvalue weighted by Crippen LogP contribution is -2.41. The van der Waals surface area contributed by atoms with E-state index < -0.39 is 7.32 Å². The van der Waals surface area contributed by atoms with Crippen LogP contribution < -0.4 is 14.6 Å². The first-order valence-corrected chi connectivity index (χ1v) is 10.9. The number of aryl methyl sites for hydroxylation is 2. The van der Waals surface area contributed by atoms with Gasteiger partial charge in [-0.1, -0.05) is 65.7 Å². The SMILES string of the molecule is CNCC(Cc1ccccc1)OB(Oc1ccc(C)c(Cl)c1)Oc1ccc(C)c(Cl)c1. The van der Waals surface area contributed by atoms with Crippen LogP contribution in [-0.2, 0) is 11.1 Å². The quantitative estimate of drug-likeness (QED) is 0.384. The van der Waals surface area contributed by atoms with Crippen molar-refractivity contribution in [2.45, 2.75) is 26.4 Å². The standard InChI is InChI=1S/C24H26BCl2NO3/c1-17-9-11-20(14-23(17)26)29-25(30-21-12-10-18(2)24(27)15-21)31-22(16-28-3)13-19-7-5-4-6-8-19/h4-12,14-15,22,28H,13,16H2,1-3H3. The van der Waals surface area contributed by atoms with E-state index in [2.05, 4.69) is 17.4 Å². The van der Waals surface area contributed by atoms with E-state index in [-0.39, 0.29) is 6.10 Å². The molecule has 0 aliphatic heterocycles. The van der Waals surface area contributed by atoms with Gasteiger partial charge in [0.15, 0.2) is 0 Å². The van der Waals surface area contributed by atoms with E-state index in [0.29, 0.717) is 34.5 Å². The fourth-order valence-electron chi connectivity index (χ4n) is 3.03. The van der Waals surface area contributed by atoms with Gasteiger partial charge in [0.05, 0.1) is 6.10 Å². The van der Waals surface area contributed by atoms with Crippen molar-refractivity contribution in [3.63, 3.8) is 0 Å². The van der Waals surface area contributed by atoms with Crippen LogP contribution in [0.25, 0.3) is 0 Å². The average molecular weight is 458 g/mol. The summed E-state index contributed by atoms with van der Waals surface area (Å²) in [6, 6.07) is 21.1.